The summed E-state index contributed by atoms with van der Waals surface area (Å²) in [5.74, 6) is 6.17. The highest BCUT2D eigenvalue weighted by atomic mass is 16.5. The summed E-state index contributed by atoms with van der Waals surface area (Å²) in [7, 11) is 0. The summed E-state index contributed by atoms with van der Waals surface area (Å²) in [6.07, 6.45) is 18.4. The van der Waals surface area contributed by atoms with Crippen LogP contribution in [0.4, 0.5) is 0 Å². The average molecular weight is 605 g/mol. The molecule has 0 aromatic heterocycles. The summed E-state index contributed by atoms with van der Waals surface area (Å²) in [6, 6.07) is 5.61. The maximum Gasteiger partial charge on any atom is 0.331 e. The lowest BCUT2D eigenvalue weighted by Gasteiger charge is -2.58. The number of hydrogen-bond acceptors (Lipinski definition) is 4. The summed E-state index contributed by atoms with van der Waals surface area (Å²) in [5.41, 5.74) is 3.88. The van der Waals surface area contributed by atoms with Gasteiger partial charge in [-0.3, -0.25) is 0 Å². The molecule has 244 valence electrons. The molecule has 0 bridgehead atoms. The molecule has 0 radical (unpaired) electrons. The van der Waals surface area contributed by atoms with Gasteiger partial charge in [-0.25, -0.2) is 4.79 Å². The summed E-state index contributed by atoms with van der Waals surface area (Å²) >= 11 is 0. The number of rotatable bonds is 11. The van der Waals surface area contributed by atoms with Crippen LogP contribution in [0.3, 0.4) is 0 Å². The zero-order valence-electron chi connectivity index (χ0n) is 28.7. The van der Waals surface area contributed by atoms with Crippen LogP contribution >= 0.6 is 0 Å². The maximum absolute atomic E-state index is 12.8. The first-order chi connectivity index (χ1) is 21.0. The van der Waals surface area contributed by atoms with Crippen molar-refractivity contribution in [2.75, 3.05) is 6.61 Å². The van der Waals surface area contributed by atoms with Crippen LogP contribution in [0.15, 0.2) is 35.9 Å². The Labute approximate surface area is 268 Å². The van der Waals surface area contributed by atoms with Gasteiger partial charge < -0.3 is 14.6 Å². The predicted molar refractivity (Wildman–Crippen MR) is 180 cm³/mol. The van der Waals surface area contributed by atoms with Crippen molar-refractivity contribution in [3.8, 4) is 5.75 Å². The van der Waals surface area contributed by atoms with Crippen LogP contribution in [0.25, 0.3) is 6.08 Å². The molecule has 3 saturated carbocycles. The van der Waals surface area contributed by atoms with Gasteiger partial charge in [-0.15, -0.1) is 0 Å². The molecule has 0 heterocycles. The van der Waals surface area contributed by atoms with E-state index >= 15 is 0 Å². The molecule has 4 heteroatoms. The topological polar surface area (TPSA) is 55.8 Å². The zero-order valence-corrected chi connectivity index (χ0v) is 28.7. The van der Waals surface area contributed by atoms with Gasteiger partial charge in [0.1, 0.15) is 11.9 Å². The molecule has 1 aromatic carbocycles. The fourth-order valence-electron chi connectivity index (χ4n) is 10.3. The average Bonchev–Trinajstić information content (AvgIpc) is 3.36. The molecular weight excluding hydrogens is 544 g/mol. The molecule has 4 nitrogen and oxygen atoms in total. The van der Waals surface area contributed by atoms with E-state index in [0.29, 0.717) is 17.8 Å². The fraction of sp³-hybridized carbons (Fsp3) is 0.725. The fourth-order valence-corrected chi connectivity index (χ4v) is 10.3. The molecule has 9 unspecified atom stereocenters. The van der Waals surface area contributed by atoms with Gasteiger partial charge in [-0.05, 0) is 128 Å². The van der Waals surface area contributed by atoms with Crippen LogP contribution in [0, 0.1) is 52.3 Å². The van der Waals surface area contributed by atoms with Gasteiger partial charge in [-0.1, -0.05) is 72.1 Å². The lowest BCUT2D eigenvalue weighted by molar-refractivity contribution is -0.145. The molecule has 4 aliphatic rings. The number of ether oxygens (including phenoxy) is 2. The monoisotopic (exact) mass is 604 g/mol. The van der Waals surface area contributed by atoms with E-state index in [2.05, 4.69) is 47.6 Å². The van der Waals surface area contributed by atoms with E-state index in [1.54, 1.807) is 11.6 Å². The van der Waals surface area contributed by atoms with E-state index in [4.69, 9.17) is 9.47 Å². The number of esters is 1. The number of carbonyl (C=O) groups is 1. The van der Waals surface area contributed by atoms with Crippen LogP contribution in [-0.4, -0.2) is 23.8 Å². The third kappa shape index (κ3) is 6.58. The third-order valence-electron chi connectivity index (χ3n) is 13.3. The lowest BCUT2D eigenvalue weighted by atomic mass is 9.47. The molecule has 1 N–H and O–H groups in total. The SMILES string of the molecule is CCOc1ccc(/C=C/C(=O)OC2CCC3(C)C(=CCC4C3CCC3(C)C(C(C)CCC(C)C(C)C)CCC43)C2)cc1CO. The second kappa shape index (κ2) is 13.7. The van der Waals surface area contributed by atoms with Crippen LogP contribution in [0.5, 0.6) is 5.75 Å². The summed E-state index contributed by atoms with van der Waals surface area (Å²) in [5, 5.41) is 9.69. The van der Waals surface area contributed by atoms with E-state index in [1.165, 1.54) is 51.0 Å². The Bertz CT molecular complexity index is 1210. The van der Waals surface area contributed by atoms with Crippen molar-refractivity contribution in [2.45, 2.75) is 125 Å². The first-order valence-corrected chi connectivity index (χ1v) is 17.9. The molecule has 0 saturated heterocycles. The molecule has 0 amide bonds. The van der Waals surface area contributed by atoms with Crippen molar-refractivity contribution in [2.24, 2.45) is 52.3 Å². The smallest absolute Gasteiger partial charge is 0.331 e. The predicted octanol–water partition coefficient (Wildman–Crippen LogP) is 9.79. The number of allylic oxidation sites excluding steroid dienone is 1. The number of aliphatic hydroxyl groups is 1. The highest BCUT2D eigenvalue weighted by Crippen LogP contribution is 2.67. The van der Waals surface area contributed by atoms with Crippen molar-refractivity contribution < 1.29 is 19.4 Å². The standard InChI is InChI=1S/C40H60O4/c1-8-43-37-17-11-29(23-30(37)25-41)12-18-38(42)44-32-19-21-39(6)31(24-32)13-14-33-35-16-15-34(40(35,7)22-20-36(33)39)28(5)10-9-27(4)26(2)3/h11-13,17-18,23,26-28,32-36,41H,8-10,14-16,19-22,24-25H2,1-7H3/b18-12+. The van der Waals surface area contributed by atoms with Gasteiger partial charge in [0.25, 0.3) is 0 Å². The van der Waals surface area contributed by atoms with Gasteiger partial charge in [0.15, 0.2) is 0 Å². The van der Waals surface area contributed by atoms with E-state index < -0.39 is 0 Å². The largest absolute Gasteiger partial charge is 0.494 e. The molecule has 4 aliphatic carbocycles. The molecule has 0 spiro atoms. The van der Waals surface area contributed by atoms with E-state index in [9.17, 15) is 9.90 Å². The van der Waals surface area contributed by atoms with Gasteiger partial charge >= 0.3 is 5.97 Å². The number of fused-ring (bicyclic) bond motifs is 5. The van der Waals surface area contributed by atoms with Crippen LogP contribution in [0.2, 0.25) is 0 Å². The van der Waals surface area contributed by atoms with E-state index in [0.717, 1.165) is 71.8 Å². The van der Waals surface area contributed by atoms with Crippen molar-refractivity contribution in [1.82, 2.24) is 0 Å². The van der Waals surface area contributed by atoms with Crippen molar-refractivity contribution in [3.05, 3.63) is 47.1 Å². The molecule has 44 heavy (non-hydrogen) atoms. The molecule has 5 rings (SSSR count). The second-order valence-electron chi connectivity index (χ2n) is 15.9. The summed E-state index contributed by atoms with van der Waals surface area (Å²) < 4.78 is 11.6. The van der Waals surface area contributed by atoms with Gasteiger partial charge in [0.2, 0.25) is 0 Å². The number of aliphatic hydroxyl groups excluding tert-OH is 1. The van der Waals surface area contributed by atoms with Crippen molar-refractivity contribution in [3.63, 3.8) is 0 Å². The summed E-state index contributed by atoms with van der Waals surface area (Å²) in [4.78, 5) is 12.8. The minimum Gasteiger partial charge on any atom is -0.494 e. The molecule has 0 aliphatic heterocycles. The maximum atomic E-state index is 12.8. The van der Waals surface area contributed by atoms with Gasteiger partial charge in [-0.2, -0.15) is 0 Å². The number of carbonyl (C=O) groups excluding carboxylic acids is 1. The van der Waals surface area contributed by atoms with Crippen LogP contribution < -0.4 is 4.74 Å². The third-order valence-corrected chi connectivity index (χ3v) is 13.3. The lowest BCUT2D eigenvalue weighted by Crippen LogP contribution is -2.51. The summed E-state index contributed by atoms with van der Waals surface area (Å²) in [6.45, 7) is 17.4. The van der Waals surface area contributed by atoms with Crippen molar-refractivity contribution in [1.29, 1.82) is 0 Å². The van der Waals surface area contributed by atoms with Crippen LogP contribution in [0.1, 0.15) is 124 Å². The number of benzene rings is 1. The Morgan fingerprint density at radius 1 is 1.05 bits per heavy atom. The van der Waals surface area contributed by atoms with Gasteiger partial charge in [0, 0.05) is 18.1 Å². The minimum atomic E-state index is -0.283. The molecule has 9 atom stereocenters. The Hall–Kier alpha value is -2.07. The Balaban J connectivity index is 1.20. The quantitative estimate of drug-likeness (QED) is 0.155. The van der Waals surface area contributed by atoms with E-state index in [1.807, 2.05) is 25.1 Å². The Morgan fingerprint density at radius 3 is 2.57 bits per heavy atom. The minimum absolute atomic E-state index is 0.0462. The molecule has 1 aromatic rings. The molecule has 3 fully saturated rings. The normalized spacial score (nSPS) is 34.6. The first kappa shape index (κ1) is 33.3. The Morgan fingerprint density at radius 2 is 1.84 bits per heavy atom. The van der Waals surface area contributed by atoms with Crippen LogP contribution in [-0.2, 0) is 16.1 Å². The number of hydrogen-bond donors (Lipinski definition) is 1. The highest BCUT2D eigenvalue weighted by molar-refractivity contribution is 5.87. The highest BCUT2D eigenvalue weighted by Gasteiger charge is 2.59. The zero-order chi connectivity index (χ0) is 31.6. The Kier molecular flexibility index (Phi) is 10.4. The molecular formula is C40H60O4. The van der Waals surface area contributed by atoms with Crippen molar-refractivity contribution >= 4 is 12.0 Å². The van der Waals surface area contributed by atoms with Gasteiger partial charge in [0.05, 0.1) is 13.2 Å². The first-order valence-electron chi connectivity index (χ1n) is 17.9. The van der Waals surface area contributed by atoms with E-state index in [-0.39, 0.29) is 24.1 Å². The second-order valence-corrected chi connectivity index (χ2v) is 15.9.